The van der Waals surface area contributed by atoms with E-state index in [1.54, 1.807) is 35.3 Å². The molecule has 0 aliphatic rings. The first-order valence-corrected chi connectivity index (χ1v) is 9.61. The highest BCUT2D eigenvalue weighted by atomic mass is 16.1. The summed E-state index contributed by atoms with van der Waals surface area (Å²) in [6, 6.07) is 15.2. The molecular weight excluding hydrogens is 350 g/mol. The molecule has 0 bridgehead atoms. The van der Waals surface area contributed by atoms with Gasteiger partial charge in [-0.3, -0.25) is 14.6 Å². The van der Waals surface area contributed by atoms with Crippen molar-refractivity contribution in [2.24, 2.45) is 0 Å². The van der Waals surface area contributed by atoms with Gasteiger partial charge in [-0.25, -0.2) is 0 Å². The van der Waals surface area contributed by atoms with Crippen LogP contribution in [-0.4, -0.2) is 22.0 Å². The fourth-order valence-corrected chi connectivity index (χ4v) is 2.76. The third-order valence-corrected chi connectivity index (χ3v) is 4.08. The maximum atomic E-state index is 11.9. The fourth-order valence-electron chi connectivity index (χ4n) is 2.76. The van der Waals surface area contributed by atoms with Crippen molar-refractivity contribution < 1.29 is 4.79 Å². The van der Waals surface area contributed by atoms with E-state index in [2.05, 4.69) is 10.3 Å². The molecule has 5 nitrogen and oxygen atoms in total. The molecule has 5 heteroatoms. The summed E-state index contributed by atoms with van der Waals surface area (Å²) in [4.78, 5) is 27.9. The van der Waals surface area contributed by atoms with Crippen molar-refractivity contribution >= 4 is 5.91 Å². The van der Waals surface area contributed by atoms with Crippen molar-refractivity contribution in [1.82, 2.24) is 14.9 Å². The van der Waals surface area contributed by atoms with E-state index in [0.717, 1.165) is 16.7 Å². The fraction of sp³-hybridized carbons (Fsp3) is 0.261. The van der Waals surface area contributed by atoms with Gasteiger partial charge in [0, 0.05) is 31.2 Å². The van der Waals surface area contributed by atoms with Crippen LogP contribution in [0.15, 0.2) is 71.9 Å². The summed E-state index contributed by atoms with van der Waals surface area (Å²) in [6.45, 7) is 7.03. The van der Waals surface area contributed by atoms with Crippen LogP contribution in [0.2, 0.25) is 0 Å². The lowest BCUT2D eigenvalue weighted by Crippen LogP contribution is -2.22. The minimum atomic E-state index is -0.106. The van der Waals surface area contributed by atoms with Crippen LogP contribution in [0, 0.1) is 0 Å². The van der Waals surface area contributed by atoms with E-state index in [4.69, 9.17) is 0 Å². The lowest BCUT2D eigenvalue weighted by molar-refractivity contribution is 0.0955. The topological polar surface area (TPSA) is 64.0 Å². The number of carbonyl (C=O) groups excluding carboxylic acids is 1. The van der Waals surface area contributed by atoms with Crippen LogP contribution in [0.25, 0.3) is 0 Å². The molecule has 0 aliphatic heterocycles. The Kier molecular flexibility index (Phi) is 8.15. The molecule has 3 rings (SSSR count). The van der Waals surface area contributed by atoms with Crippen molar-refractivity contribution in [2.75, 3.05) is 6.54 Å². The van der Waals surface area contributed by atoms with Crippen molar-refractivity contribution in [1.29, 1.82) is 0 Å². The zero-order chi connectivity index (χ0) is 20.4. The van der Waals surface area contributed by atoms with Gasteiger partial charge < -0.3 is 9.88 Å². The van der Waals surface area contributed by atoms with Gasteiger partial charge in [-0.2, -0.15) is 0 Å². The summed E-state index contributed by atoms with van der Waals surface area (Å²) in [5.41, 5.74) is 3.75. The summed E-state index contributed by atoms with van der Waals surface area (Å²) in [5.74, 6) is -0.106. The molecule has 0 atom stereocenters. The Morgan fingerprint density at radius 3 is 2.39 bits per heavy atom. The van der Waals surface area contributed by atoms with Gasteiger partial charge in [0.1, 0.15) is 0 Å². The van der Waals surface area contributed by atoms with Crippen LogP contribution in [0.5, 0.6) is 0 Å². The van der Waals surface area contributed by atoms with Crippen LogP contribution in [0.1, 0.15) is 47.8 Å². The smallest absolute Gasteiger partial charge is 0.252 e. The standard InChI is InChI=1S/C21H21N3O2.C2H6/c1-2-23-21(26)19-12-18(13-22-14-19)11-16-6-8-17(9-7-16)15-24-10-4-3-5-20(24)25;1-2/h3-10,12-14H,2,11,15H2,1H3,(H,23,26);1-2H3. The maximum absolute atomic E-state index is 11.9. The third kappa shape index (κ3) is 5.91. The molecule has 1 amide bonds. The minimum Gasteiger partial charge on any atom is -0.352 e. The van der Waals surface area contributed by atoms with Gasteiger partial charge in [0.25, 0.3) is 11.5 Å². The molecule has 146 valence electrons. The van der Waals surface area contributed by atoms with Crippen LogP contribution in [-0.2, 0) is 13.0 Å². The predicted molar refractivity (Wildman–Crippen MR) is 113 cm³/mol. The lowest BCUT2D eigenvalue weighted by Gasteiger charge is -2.08. The lowest BCUT2D eigenvalue weighted by atomic mass is 10.0. The van der Waals surface area contributed by atoms with E-state index >= 15 is 0 Å². The molecule has 0 aliphatic carbocycles. The van der Waals surface area contributed by atoms with Crippen molar-refractivity contribution in [2.45, 2.75) is 33.7 Å². The van der Waals surface area contributed by atoms with Crippen molar-refractivity contribution in [3.63, 3.8) is 0 Å². The zero-order valence-electron chi connectivity index (χ0n) is 16.7. The molecule has 1 aromatic carbocycles. The van der Waals surface area contributed by atoms with Gasteiger partial charge in [-0.1, -0.05) is 44.2 Å². The summed E-state index contributed by atoms with van der Waals surface area (Å²) in [5, 5.41) is 2.78. The summed E-state index contributed by atoms with van der Waals surface area (Å²) in [6.07, 6.45) is 5.84. The average molecular weight is 377 g/mol. The Balaban J connectivity index is 0.00000136. The number of carbonyl (C=O) groups is 1. The molecule has 0 unspecified atom stereocenters. The van der Waals surface area contributed by atoms with Crippen LogP contribution in [0.3, 0.4) is 0 Å². The largest absolute Gasteiger partial charge is 0.352 e. The molecule has 2 heterocycles. The van der Waals surface area contributed by atoms with E-state index in [1.807, 2.05) is 57.2 Å². The second-order valence-corrected chi connectivity index (χ2v) is 6.10. The molecule has 0 saturated heterocycles. The maximum Gasteiger partial charge on any atom is 0.252 e. The highest BCUT2D eigenvalue weighted by Crippen LogP contribution is 2.12. The van der Waals surface area contributed by atoms with E-state index < -0.39 is 0 Å². The number of benzene rings is 1. The van der Waals surface area contributed by atoms with Gasteiger partial charge >= 0.3 is 0 Å². The van der Waals surface area contributed by atoms with Crippen molar-refractivity contribution in [3.05, 3.63) is 99.7 Å². The zero-order valence-corrected chi connectivity index (χ0v) is 16.7. The van der Waals surface area contributed by atoms with Crippen LogP contribution in [0.4, 0.5) is 0 Å². The van der Waals surface area contributed by atoms with Gasteiger partial charge in [0.2, 0.25) is 0 Å². The Bertz CT molecular complexity index is 946. The second kappa shape index (κ2) is 10.8. The summed E-state index contributed by atoms with van der Waals surface area (Å²) in [7, 11) is 0. The number of amides is 1. The second-order valence-electron chi connectivity index (χ2n) is 6.10. The van der Waals surface area contributed by atoms with Crippen LogP contribution >= 0.6 is 0 Å². The number of hydrogen-bond acceptors (Lipinski definition) is 3. The first kappa shape index (κ1) is 21.1. The van der Waals surface area contributed by atoms with E-state index in [9.17, 15) is 9.59 Å². The number of pyridine rings is 2. The van der Waals surface area contributed by atoms with Crippen molar-refractivity contribution in [3.8, 4) is 0 Å². The quantitative estimate of drug-likeness (QED) is 0.713. The molecule has 0 saturated carbocycles. The van der Waals surface area contributed by atoms with Gasteiger partial charge in [-0.05, 0) is 42.2 Å². The van der Waals surface area contributed by atoms with Crippen LogP contribution < -0.4 is 10.9 Å². The minimum absolute atomic E-state index is 0.00942. The number of nitrogens with zero attached hydrogens (tertiary/aromatic N) is 2. The Hall–Kier alpha value is -3.21. The first-order chi connectivity index (χ1) is 13.7. The van der Waals surface area contributed by atoms with E-state index in [1.165, 1.54) is 0 Å². The average Bonchev–Trinajstić information content (AvgIpc) is 2.73. The van der Waals surface area contributed by atoms with Gasteiger partial charge in [-0.15, -0.1) is 0 Å². The molecule has 3 aromatic rings. The highest BCUT2D eigenvalue weighted by Gasteiger charge is 2.06. The third-order valence-electron chi connectivity index (χ3n) is 4.08. The number of nitrogens with one attached hydrogen (secondary N) is 1. The molecule has 0 fully saturated rings. The Labute approximate surface area is 166 Å². The Morgan fingerprint density at radius 2 is 1.71 bits per heavy atom. The SMILES string of the molecule is CC.CCNC(=O)c1cncc(Cc2ccc(Cn3ccccc3=O)cc2)c1. The molecule has 2 aromatic heterocycles. The first-order valence-electron chi connectivity index (χ1n) is 9.61. The number of rotatable bonds is 6. The molecular formula is C23H27N3O2. The summed E-state index contributed by atoms with van der Waals surface area (Å²) < 4.78 is 1.68. The predicted octanol–water partition coefficient (Wildman–Crippen LogP) is 3.66. The number of hydrogen-bond donors (Lipinski definition) is 1. The summed E-state index contributed by atoms with van der Waals surface area (Å²) >= 11 is 0. The molecule has 0 radical (unpaired) electrons. The van der Waals surface area contributed by atoms with E-state index in [0.29, 0.717) is 25.1 Å². The normalized spacial score (nSPS) is 9.96. The monoisotopic (exact) mass is 377 g/mol. The number of aromatic nitrogens is 2. The van der Waals surface area contributed by atoms with Gasteiger partial charge in [0.05, 0.1) is 12.1 Å². The molecule has 0 spiro atoms. The van der Waals surface area contributed by atoms with Gasteiger partial charge in [0.15, 0.2) is 0 Å². The molecule has 28 heavy (non-hydrogen) atoms. The highest BCUT2D eigenvalue weighted by molar-refractivity contribution is 5.93. The van der Waals surface area contributed by atoms with E-state index in [-0.39, 0.29) is 11.5 Å². The molecule has 1 N–H and O–H groups in total. The Morgan fingerprint density at radius 1 is 1.00 bits per heavy atom.